The zero-order valence-electron chi connectivity index (χ0n) is 10.4. The zero-order valence-corrected chi connectivity index (χ0v) is 11.1. The summed E-state index contributed by atoms with van der Waals surface area (Å²) in [6.07, 6.45) is 0. The summed E-state index contributed by atoms with van der Waals surface area (Å²) in [6, 6.07) is 4.49. The summed E-state index contributed by atoms with van der Waals surface area (Å²) in [7, 11) is 0. The smallest absolute Gasteiger partial charge is 0.172 e. The maximum absolute atomic E-state index is 13.0. The fraction of sp³-hybridized carbons (Fsp3) is 0.231. The van der Waals surface area contributed by atoms with Crippen molar-refractivity contribution in [2.75, 3.05) is 5.32 Å². The maximum Gasteiger partial charge on any atom is 0.172 e. The van der Waals surface area contributed by atoms with Crippen LogP contribution in [0.3, 0.4) is 0 Å². The number of hydrogen-bond acceptors (Lipinski definition) is 3. The molecule has 1 heterocycles. The van der Waals surface area contributed by atoms with Crippen LogP contribution in [0.2, 0.25) is 5.15 Å². The monoisotopic (exact) mass is 265 g/mol. The van der Waals surface area contributed by atoms with E-state index in [1.165, 1.54) is 12.1 Å². The van der Waals surface area contributed by atoms with Crippen molar-refractivity contribution in [3.05, 3.63) is 46.1 Å². The molecule has 0 unspecified atom stereocenters. The van der Waals surface area contributed by atoms with E-state index < -0.39 is 0 Å². The summed E-state index contributed by atoms with van der Waals surface area (Å²) in [4.78, 5) is 8.51. The molecule has 0 radical (unpaired) electrons. The van der Waals surface area contributed by atoms with Gasteiger partial charge in [0.15, 0.2) is 11.0 Å². The number of rotatable bonds is 2. The Morgan fingerprint density at radius 2 is 1.78 bits per heavy atom. The lowest BCUT2D eigenvalue weighted by Crippen LogP contribution is -2.02. The Hall–Kier alpha value is -1.68. The van der Waals surface area contributed by atoms with Gasteiger partial charge in [0.25, 0.3) is 0 Å². The normalized spacial score (nSPS) is 10.5. The molecule has 0 fully saturated rings. The first kappa shape index (κ1) is 12.8. The van der Waals surface area contributed by atoms with Crippen LogP contribution in [0.1, 0.15) is 17.0 Å². The summed E-state index contributed by atoms with van der Waals surface area (Å²) in [5.41, 5.74) is 3.14. The lowest BCUT2D eigenvalue weighted by Gasteiger charge is -2.11. The maximum atomic E-state index is 13.0. The van der Waals surface area contributed by atoms with Crippen molar-refractivity contribution in [3.63, 3.8) is 0 Å². The minimum Gasteiger partial charge on any atom is -0.337 e. The lowest BCUT2D eigenvalue weighted by atomic mass is 10.2. The third-order valence-corrected chi connectivity index (χ3v) is 2.97. The van der Waals surface area contributed by atoms with Crippen LogP contribution in [-0.4, -0.2) is 9.97 Å². The first-order chi connectivity index (χ1) is 8.47. The van der Waals surface area contributed by atoms with Crippen LogP contribution in [0.25, 0.3) is 0 Å². The second-order valence-electron chi connectivity index (χ2n) is 4.12. The SMILES string of the molecule is Cc1cc(F)ccc1Nc1nc(C)c(C)nc1Cl. The average Bonchev–Trinajstić information content (AvgIpc) is 2.29. The Balaban J connectivity index is 2.37. The molecule has 0 saturated heterocycles. The minimum atomic E-state index is -0.268. The van der Waals surface area contributed by atoms with Gasteiger partial charge >= 0.3 is 0 Å². The van der Waals surface area contributed by atoms with Crippen LogP contribution in [0.15, 0.2) is 18.2 Å². The molecule has 5 heteroatoms. The number of aryl methyl sites for hydroxylation is 3. The topological polar surface area (TPSA) is 37.8 Å². The Morgan fingerprint density at radius 3 is 2.44 bits per heavy atom. The molecule has 3 nitrogen and oxygen atoms in total. The van der Waals surface area contributed by atoms with Crippen molar-refractivity contribution >= 4 is 23.1 Å². The molecule has 0 aliphatic heterocycles. The first-order valence-electron chi connectivity index (χ1n) is 5.51. The Bertz CT molecular complexity index is 599. The Kier molecular flexibility index (Phi) is 3.48. The van der Waals surface area contributed by atoms with Gasteiger partial charge in [0.1, 0.15) is 5.82 Å². The van der Waals surface area contributed by atoms with Gasteiger partial charge in [0.05, 0.1) is 11.4 Å². The molecule has 0 amide bonds. The molecular formula is C13H13ClFN3. The molecule has 0 atom stereocenters. The van der Waals surface area contributed by atoms with Crippen LogP contribution in [0.5, 0.6) is 0 Å². The van der Waals surface area contributed by atoms with Gasteiger partial charge in [-0.05, 0) is 44.5 Å². The molecule has 1 aromatic heterocycles. The van der Waals surface area contributed by atoms with Gasteiger partial charge in [0.2, 0.25) is 0 Å². The largest absolute Gasteiger partial charge is 0.337 e. The minimum absolute atomic E-state index is 0.268. The van der Waals surface area contributed by atoms with E-state index in [0.29, 0.717) is 11.0 Å². The summed E-state index contributed by atoms with van der Waals surface area (Å²) in [5.74, 6) is 0.213. The van der Waals surface area contributed by atoms with E-state index in [9.17, 15) is 4.39 Å². The van der Waals surface area contributed by atoms with Crippen molar-refractivity contribution in [1.29, 1.82) is 0 Å². The van der Waals surface area contributed by atoms with Crippen LogP contribution in [0.4, 0.5) is 15.9 Å². The molecular weight excluding hydrogens is 253 g/mol. The molecule has 0 bridgehead atoms. The van der Waals surface area contributed by atoms with Gasteiger partial charge < -0.3 is 5.32 Å². The number of nitrogens with one attached hydrogen (secondary N) is 1. The third-order valence-electron chi connectivity index (χ3n) is 2.71. The summed E-state index contributed by atoms with van der Waals surface area (Å²) in [6.45, 7) is 5.52. The van der Waals surface area contributed by atoms with Crippen LogP contribution in [0, 0.1) is 26.6 Å². The Labute approximate surface area is 110 Å². The van der Waals surface area contributed by atoms with Gasteiger partial charge in [-0.25, -0.2) is 14.4 Å². The molecule has 2 rings (SSSR count). The van der Waals surface area contributed by atoms with Gasteiger partial charge in [-0.15, -0.1) is 0 Å². The number of benzene rings is 1. The van der Waals surface area contributed by atoms with E-state index in [1.807, 2.05) is 20.8 Å². The van der Waals surface area contributed by atoms with Gasteiger partial charge in [0, 0.05) is 5.69 Å². The van der Waals surface area contributed by atoms with Crippen molar-refractivity contribution in [2.24, 2.45) is 0 Å². The van der Waals surface area contributed by atoms with Crippen LogP contribution < -0.4 is 5.32 Å². The number of nitrogens with zero attached hydrogens (tertiary/aromatic N) is 2. The van der Waals surface area contributed by atoms with E-state index in [4.69, 9.17) is 11.6 Å². The van der Waals surface area contributed by atoms with Gasteiger partial charge in [-0.1, -0.05) is 11.6 Å². The highest BCUT2D eigenvalue weighted by molar-refractivity contribution is 6.31. The molecule has 18 heavy (non-hydrogen) atoms. The second kappa shape index (κ2) is 4.90. The molecule has 2 aromatic rings. The molecule has 1 aromatic carbocycles. The van der Waals surface area contributed by atoms with E-state index in [1.54, 1.807) is 6.07 Å². The fourth-order valence-corrected chi connectivity index (χ4v) is 1.77. The number of anilines is 2. The van der Waals surface area contributed by atoms with E-state index in [0.717, 1.165) is 22.6 Å². The number of hydrogen-bond donors (Lipinski definition) is 1. The molecule has 1 N–H and O–H groups in total. The van der Waals surface area contributed by atoms with Crippen molar-refractivity contribution < 1.29 is 4.39 Å². The highest BCUT2D eigenvalue weighted by Gasteiger charge is 2.08. The summed E-state index contributed by atoms with van der Waals surface area (Å²) >= 11 is 6.02. The quantitative estimate of drug-likeness (QED) is 0.894. The highest BCUT2D eigenvalue weighted by atomic mass is 35.5. The summed E-state index contributed by atoms with van der Waals surface area (Å²) in [5, 5.41) is 3.37. The molecule has 94 valence electrons. The first-order valence-corrected chi connectivity index (χ1v) is 5.89. The van der Waals surface area contributed by atoms with Crippen molar-refractivity contribution in [1.82, 2.24) is 9.97 Å². The number of aromatic nitrogens is 2. The van der Waals surface area contributed by atoms with E-state index >= 15 is 0 Å². The molecule has 0 aliphatic rings. The summed E-state index contributed by atoms with van der Waals surface area (Å²) < 4.78 is 13.0. The molecule has 0 saturated carbocycles. The van der Waals surface area contributed by atoms with Crippen LogP contribution in [-0.2, 0) is 0 Å². The number of halogens is 2. The van der Waals surface area contributed by atoms with Crippen molar-refractivity contribution in [2.45, 2.75) is 20.8 Å². The van der Waals surface area contributed by atoms with Crippen molar-refractivity contribution in [3.8, 4) is 0 Å². The zero-order chi connectivity index (χ0) is 13.3. The predicted molar refractivity (Wildman–Crippen MR) is 70.9 cm³/mol. The van der Waals surface area contributed by atoms with E-state index in [-0.39, 0.29) is 5.82 Å². The fourth-order valence-electron chi connectivity index (χ4n) is 1.55. The highest BCUT2D eigenvalue weighted by Crippen LogP contribution is 2.25. The van der Waals surface area contributed by atoms with Gasteiger partial charge in [-0.3, -0.25) is 0 Å². The third kappa shape index (κ3) is 2.59. The van der Waals surface area contributed by atoms with Gasteiger partial charge in [-0.2, -0.15) is 0 Å². The molecule has 0 aliphatic carbocycles. The predicted octanol–water partition coefficient (Wildman–Crippen LogP) is 3.94. The van der Waals surface area contributed by atoms with E-state index in [2.05, 4.69) is 15.3 Å². The average molecular weight is 266 g/mol. The Morgan fingerprint density at radius 1 is 1.11 bits per heavy atom. The lowest BCUT2D eigenvalue weighted by molar-refractivity contribution is 0.627. The van der Waals surface area contributed by atoms with Crippen LogP contribution >= 0.6 is 11.6 Å². The molecule has 0 spiro atoms. The second-order valence-corrected chi connectivity index (χ2v) is 4.48. The standard InChI is InChI=1S/C13H13ClFN3/c1-7-6-10(15)4-5-11(7)18-13-12(14)16-8(2)9(3)17-13/h4-6H,1-3H3,(H,17,18).